The normalized spacial score (nSPS) is 13.6. The number of imidazole rings is 1. The molecule has 0 aliphatic heterocycles. The van der Waals surface area contributed by atoms with Gasteiger partial charge in [-0.2, -0.15) is 0 Å². The number of urea groups is 1. The molecule has 2 unspecified atom stereocenters. The van der Waals surface area contributed by atoms with E-state index in [0.717, 1.165) is 11.5 Å². The van der Waals surface area contributed by atoms with Crippen LogP contribution < -0.4 is 27.4 Å². The van der Waals surface area contributed by atoms with Crippen LogP contribution in [0.25, 0.3) is 5.69 Å². The molecule has 0 saturated heterocycles. The molecule has 0 bridgehead atoms. The molecular weight excluding hydrogens is 514 g/mol. The summed E-state index contributed by atoms with van der Waals surface area (Å²) in [6.07, 6.45) is 4.36. The third kappa shape index (κ3) is 9.48. The number of aromatic nitrogens is 2. The SMILES string of the molecule is CC(C)C(N)C(=O)NC(CCCNC(N)=O)C(=O)Nc1ccc(-n2ccnc2CO[Si](C)(C)C(C)(C)C)cc1. The van der Waals surface area contributed by atoms with E-state index in [1.54, 1.807) is 18.3 Å². The van der Waals surface area contributed by atoms with E-state index in [4.69, 9.17) is 15.9 Å². The van der Waals surface area contributed by atoms with Crippen LogP contribution >= 0.6 is 0 Å². The number of hydrogen-bond donors (Lipinski definition) is 5. The maximum atomic E-state index is 13.1. The minimum Gasteiger partial charge on any atom is -0.409 e. The van der Waals surface area contributed by atoms with Crippen LogP contribution in [0.1, 0.15) is 53.3 Å². The third-order valence-corrected chi connectivity index (χ3v) is 11.6. The summed E-state index contributed by atoms with van der Waals surface area (Å²) >= 11 is 0. The van der Waals surface area contributed by atoms with Crippen LogP contribution in [0.3, 0.4) is 0 Å². The van der Waals surface area contributed by atoms with Crippen LogP contribution in [-0.2, 0) is 20.6 Å². The summed E-state index contributed by atoms with van der Waals surface area (Å²) in [4.78, 5) is 41.1. The molecule has 0 radical (unpaired) electrons. The number of carbonyl (C=O) groups excluding carboxylic acids is 3. The Balaban J connectivity index is 2.10. The van der Waals surface area contributed by atoms with E-state index in [2.05, 4.69) is 54.8 Å². The molecule has 2 aromatic rings. The Kier molecular flexibility index (Phi) is 11.3. The summed E-state index contributed by atoms with van der Waals surface area (Å²) in [5.41, 5.74) is 12.5. The monoisotopic (exact) mass is 559 g/mol. The van der Waals surface area contributed by atoms with Crippen LogP contribution in [0, 0.1) is 5.92 Å². The molecule has 0 aliphatic carbocycles. The Hall–Kier alpha value is -3.22. The number of rotatable bonds is 13. The molecule has 12 heteroatoms. The highest BCUT2D eigenvalue weighted by Crippen LogP contribution is 2.37. The topological polar surface area (TPSA) is 166 Å². The van der Waals surface area contributed by atoms with Gasteiger partial charge in [0.1, 0.15) is 11.9 Å². The number of carbonyl (C=O) groups is 3. The summed E-state index contributed by atoms with van der Waals surface area (Å²) in [5, 5.41) is 8.19. The highest BCUT2D eigenvalue weighted by atomic mass is 28.4. The Morgan fingerprint density at radius 1 is 1.10 bits per heavy atom. The van der Waals surface area contributed by atoms with Gasteiger partial charge in [-0.25, -0.2) is 9.78 Å². The van der Waals surface area contributed by atoms with Crippen LogP contribution in [0.4, 0.5) is 10.5 Å². The van der Waals surface area contributed by atoms with Gasteiger partial charge in [-0.05, 0) is 61.2 Å². The van der Waals surface area contributed by atoms with Crippen LogP contribution in [-0.4, -0.2) is 54.3 Å². The van der Waals surface area contributed by atoms with E-state index in [9.17, 15) is 14.4 Å². The molecule has 1 aromatic heterocycles. The molecule has 11 nitrogen and oxygen atoms in total. The van der Waals surface area contributed by atoms with E-state index in [-0.39, 0.29) is 23.4 Å². The average molecular weight is 560 g/mol. The number of benzene rings is 1. The van der Waals surface area contributed by atoms with Crippen molar-refractivity contribution in [3.05, 3.63) is 42.5 Å². The second-order valence-corrected chi connectivity index (χ2v) is 16.4. The van der Waals surface area contributed by atoms with Crippen molar-refractivity contribution in [1.29, 1.82) is 0 Å². The van der Waals surface area contributed by atoms with E-state index in [1.807, 2.05) is 36.7 Å². The second-order valence-electron chi connectivity index (χ2n) is 11.6. The van der Waals surface area contributed by atoms with Crippen molar-refractivity contribution in [3.8, 4) is 5.69 Å². The predicted molar refractivity (Wildman–Crippen MR) is 156 cm³/mol. The third-order valence-electron chi connectivity index (χ3n) is 7.12. The Morgan fingerprint density at radius 2 is 1.74 bits per heavy atom. The van der Waals surface area contributed by atoms with Gasteiger partial charge >= 0.3 is 6.03 Å². The molecule has 0 aliphatic rings. The lowest BCUT2D eigenvalue weighted by Gasteiger charge is -2.36. The van der Waals surface area contributed by atoms with Crippen molar-refractivity contribution in [2.24, 2.45) is 17.4 Å². The van der Waals surface area contributed by atoms with Gasteiger partial charge in [0.15, 0.2) is 8.32 Å². The first-order valence-electron chi connectivity index (χ1n) is 13.3. The maximum Gasteiger partial charge on any atom is 0.312 e. The number of nitrogens with zero attached hydrogens (tertiary/aromatic N) is 2. The summed E-state index contributed by atoms with van der Waals surface area (Å²) < 4.78 is 8.30. The molecule has 0 spiro atoms. The molecule has 4 amide bonds. The first kappa shape index (κ1) is 32.0. The predicted octanol–water partition coefficient (Wildman–Crippen LogP) is 3.25. The summed E-state index contributed by atoms with van der Waals surface area (Å²) in [6, 6.07) is 5.13. The van der Waals surface area contributed by atoms with Gasteiger partial charge in [-0.3, -0.25) is 9.59 Å². The van der Waals surface area contributed by atoms with Gasteiger partial charge in [-0.1, -0.05) is 34.6 Å². The van der Waals surface area contributed by atoms with Gasteiger partial charge in [0.2, 0.25) is 11.8 Å². The van der Waals surface area contributed by atoms with E-state index >= 15 is 0 Å². The van der Waals surface area contributed by atoms with Gasteiger partial charge in [-0.15, -0.1) is 0 Å². The maximum absolute atomic E-state index is 13.1. The molecule has 1 heterocycles. The Bertz CT molecular complexity index is 1110. The highest BCUT2D eigenvalue weighted by Gasteiger charge is 2.37. The quantitative estimate of drug-likeness (QED) is 0.187. The first-order chi connectivity index (χ1) is 18.1. The standard InChI is InChI=1S/C27H45N7O4Si/c1-18(2)23(28)25(36)33-21(9-8-14-31-26(29)37)24(35)32-19-10-12-20(13-11-19)34-16-15-30-22(34)17-38-39(6,7)27(3,4)5/h10-13,15-16,18,21,23H,8-9,14,17,28H2,1-7H3,(H,32,35)(H,33,36)(H3,29,31,37). The number of hydrogen-bond acceptors (Lipinski definition) is 6. The smallest absolute Gasteiger partial charge is 0.312 e. The van der Waals surface area contributed by atoms with Crippen molar-refractivity contribution >= 4 is 31.9 Å². The van der Waals surface area contributed by atoms with Crippen molar-refractivity contribution < 1.29 is 18.8 Å². The molecule has 2 atom stereocenters. The fraction of sp³-hybridized carbons (Fsp3) is 0.556. The fourth-order valence-electron chi connectivity index (χ4n) is 3.43. The number of nitrogens with two attached hydrogens (primary N) is 2. The van der Waals surface area contributed by atoms with Crippen LogP contribution in [0.5, 0.6) is 0 Å². The summed E-state index contributed by atoms with van der Waals surface area (Å²) in [7, 11) is -1.93. The molecule has 7 N–H and O–H groups in total. The van der Waals surface area contributed by atoms with Gasteiger partial charge in [0, 0.05) is 30.3 Å². The fourth-order valence-corrected chi connectivity index (χ4v) is 4.35. The zero-order chi connectivity index (χ0) is 29.4. The minimum atomic E-state index is -1.93. The summed E-state index contributed by atoms with van der Waals surface area (Å²) in [5.74, 6) is -0.0725. The van der Waals surface area contributed by atoms with Crippen molar-refractivity contribution in [3.63, 3.8) is 0 Å². The van der Waals surface area contributed by atoms with Gasteiger partial charge in [0.25, 0.3) is 0 Å². The lowest BCUT2D eigenvalue weighted by atomic mass is 10.0. The first-order valence-corrected chi connectivity index (χ1v) is 16.2. The summed E-state index contributed by atoms with van der Waals surface area (Å²) in [6.45, 7) is 15.4. The molecule has 0 saturated carbocycles. The van der Waals surface area contributed by atoms with E-state index < -0.39 is 32.3 Å². The zero-order valence-corrected chi connectivity index (χ0v) is 25.2. The van der Waals surface area contributed by atoms with Crippen molar-refractivity contribution in [2.75, 3.05) is 11.9 Å². The zero-order valence-electron chi connectivity index (χ0n) is 24.2. The Morgan fingerprint density at radius 3 is 2.31 bits per heavy atom. The molecule has 216 valence electrons. The number of amides is 4. The van der Waals surface area contributed by atoms with Gasteiger partial charge < -0.3 is 36.4 Å². The largest absolute Gasteiger partial charge is 0.409 e. The van der Waals surface area contributed by atoms with Crippen LogP contribution in [0.15, 0.2) is 36.7 Å². The number of anilines is 1. The lowest BCUT2D eigenvalue weighted by molar-refractivity contribution is -0.128. The second kappa shape index (κ2) is 13.7. The molecule has 39 heavy (non-hydrogen) atoms. The average Bonchev–Trinajstić information content (AvgIpc) is 3.32. The van der Waals surface area contributed by atoms with Crippen LogP contribution in [0.2, 0.25) is 18.1 Å². The van der Waals surface area contributed by atoms with E-state index in [1.165, 1.54) is 0 Å². The molecular formula is C27H45N7O4Si. The van der Waals surface area contributed by atoms with Crippen molar-refractivity contribution in [2.45, 2.75) is 84.3 Å². The molecule has 1 aromatic carbocycles. The van der Waals surface area contributed by atoms with Gasteiger partial charge in [0.05, 0.1) is 12.6 Å². The van der Waals surface area contributed by atoms with E-state index in [0.29, 0.717) is 25.1 Å². The molecule has 0 fully saturated rings. The number of nitrogens with one attached hydrogen (secondary N) is 3. The lowest BCUT2D eigenvalue weighted by Crippen LogP contribution is -2.51. The highest BCUT2D eigenvalue weighted by molar-refractivity contribution is 6.74. The molecule has 2 rings (SSSR count). The Labute approximate surface area is 232 Å². The van der Waals surface area contributed by atoms with Crippen molar-refractivity contribution in [1.82, 2.24) is 20.2 Å². The number of primary amides is 1. The minimum absolute atomic E-state index is 0.0851.